The first kappa shape index (κ1) is 14.3. The number of hydrogen-bond donors (Lipinski definition) is 0. The van der Waals surface area contributed by atoms with Crippen LogP contribution in [0.25, 0.3) is 0 Å². The maximum absolute atomic E-state index is 12.7. The maximum atomic E-state index is 12.7. The Morgan fingerprint density at radius 3 is 2.76 bits per heavy atom. The second-order valence-corrected chi connectivity index (χ2v) is 5.91. The monoisotopic (exact) mass is 346 g/mol. The Morgan fingerprint density at radius 1 is 1.29 bits per heavy atom. The van der Waals surface area contributed by atoms with E-state index in [0.717, 1.165) is 16.6 Å². The second-order valence-electron chi connectivity index (χ2n) is 5.05. The minimum atomic E-state index is -0.00639. The van der Waals surface area contributed by atoms with Crippen LogP contribution in [0.2, 0.25) is 0 Å². The molecule has 1 aliphatic rings. The lowest BCUT2D eigenvalue weighted by atomic mass is 9.99. The zero-order chi connectivity index (χ0) is 14.8. The molecule has 0 radical (unpaired) electrons. The van der Waals surface area contributed by atoms with Crippen LogP contribution < -0.4 is 4.74 Å². The molecule has 1 fully saturated rings. The smallest absolute Gasteiger partial charge is 0.194 e. The van der Waals surface area contributed by atoms with Crippen molar-refractivity contribution in [2.45, 2.75) is 13.0 Å². The van der Waals surface area contributed by atoms with Gasteiger partial charge in [-0.15, -0.1) is 0 Å². The average molecular weight is 347 g/mol. The van der Waals surface area contributed by atoms with Crippen molar-refractivity contribution in [3.63, 3.8) is 0 Å². The molecule has 2 aromatic carbocycles. The lowest BCUT2D eigenvalue weighted by molar-refractivity contribution is 0.103. The molecule has 108 valence electrons. The summed E-state index contributed by atoms with van der Waals surface area (Å²) in [5, 5.41) is 0. The highest BCUT2D eigenvalue weighted by atomic mass is 79.9. The van der Waals surface area contributed by atoms with Gasteiger partial charge in [0.15, 0.2) is 5.78 Å². The van der Waals surface area contributed by atoms with Gasteiger partial charge in [0.05, 0.1) is 6.61 Å². The van der Waals surface area contributed by atoms with Crippen LogP contribution >= 0.6 is 15.9 Å². The summed E-state index contributed by atoms with van der Waals surface area (Å²) in [5.41, 5.74) is 2.28. The van der Waals surface area contributed by atoms with E-state index in [9.17, 15) is 4.79 Å². The fraction of sp³-hybridized carbons (Fsp3) is 0.235. The zero-order valence-electron chi connectivity index (χ0n) is 11.6. The molecule has 1 unspecified atom stereocenters. The van der Waals surface area contributed by atoms with E-state index in [1.54, 1.807) is 6.07 Å². The maximum Gasteiger partial charge on any atom is 0.194 e. The summed E-state index contributed by atoms with van der Waals surface area (Å²) in [7, 11) is 0. The van der Waals surface area contributed by atoms with Gasteiger partial charge in [-0.2, -0.15) is 0 Å². The predicted molar refractivity (Wildman–Crippen MR) is 84.0 cm³/mol. The van der Waals surface area contributed by atoms with Crippen molar-refractivity contribution in [1.82, 2.24) is 0 Å². The Morgan fingerprint density at radius 2 is 2.05 bits per heavy atom. The Kier molecular flexibility index (Phi) is 4.08. The topological polar surface area (TPSA) is 38.8 Å². The molecule has 1 atom stereocenters. The third kappa shape index (κ3) is 3.34. The zero-order valence-corrected chi connectivity index (χ0v) is 13.2. The molecule has 4 heteroatoms. The molecule has 0 saturated carbocycles. The molecule has 0 amide bonds. The molecule has 1 aliphatic heterocycles. The van der Waals surface area contributed by atoms with E-state index in [1.165, 1.54) is 0 Å². The Hall–Kier alpha value is -1.65. The van der Waals surface area contributed by atoms with Crippen LogP contribution in [0.5, 0.6) is 5.75 Å². The quantitative estimate of drug-likeness (QED) is 0.611. The number of carbonyl (C=O) groups excluding carboxylic acids is 1. The van der Waals surface area contributed by atoms with Crippen molar-refractivity contribution in [3.8, 4) is 5.75 Å². The molecule has 0 spiro atoms. The van der Waals surface area contributed by atoms with E-state index in [1.807, 2.05) is 43.3 Å². The molecule has 1 heterocycles. The van der Waals surface area contributed by atoms with Crippen LogP contribution in [0.3, 0.4) is 0 Å². The van der Waals surface area contributed by atoms with Gasteiger partial charge in [0.1, 0.15) is 18.5 Å². The highest BCUT2D eigenvalue weighted by Crippen LogP contribution is 2.26. The van der Waals surface area contributed by atoms with Gasteiger partial charge >= 0.3 is 0 Å². The molecule has 3 rings (SSSR count). The molecule has 0 aromatic heterocycles. The fourth-order valence-electron chi connectivity index (χ4n) is 2.09. The van der Waals surface area contributed by atoms with Gasteiger partial charge in [0, 0.05) is 15.6 Å². The molecule has 3 nitrogen and oxygen atoms in total. The number of rotatable bonds is 5. The van der Waals surface area contributed by atoms with E-state index in [-0.39, 0.29) is 11.9 Å². The van der Waals surface area contributed by atoms with Crippen molar-refractivity contribution in [3.05, 3.63) is 63.6 Å². The van der Waals surface area contributed by atoms with Crippen LogP contribution in [0, 0.1) is 6.92 Å². The van der Waals surface area contributed by atoms with Gasteiger partial charge in [0.2, 0.25) is 0 Å². The summed E-state index contributed by atoms with van der Waals surface area (Å²) in [5.74, 6) is 0.679. The number of benzene rings is 2. The summed E-state index contributed by atoms with van der Waals surface area (Å²) in [6, 6.07) is 13.0. The number of aryl methyl sites for hydroxylation is 1. The van der Waals surface area contributed by atoms with Crippen LogP contribution in [-0.2, 0) is 4.74 Å². The summed E-state index contributed by atoms with van der Waals surface area (Å²) in [6.45, 7) is 3.22. The standard InChI is InChI=1S/C17H15BrO3/c1-11-4-2-3-5-14(11)17(19)15-8-12(6-7-16(15)18)20-9-13-10-21-13/h2-8,13H,9-10H2,1H3. The van der Waals surface area contributed by atoms with Crippen molar-refractivity contribution in [2.75, 3.05) is 13.2 Å². The minimum absolute atomic E-state index is 0.00639. The van der Waals surface area contributed by atoms with Gasteiger partial charge < -0.3 is 9.47 Å². The van der Waals surface area contributed by atoms with E-state index in [2.05, 4.69) is 15.9 Å². The number of hydrogen-bond acceptors (Lipinski definition) is 3. The SMILES string of the molecule is Cc1ccccc1C(=O)c1cc(OCC2CO2)ccc1Br. The number of epoxide rings is 1. The van der Waals surface area contributed by atoms with Gasteiger partial charge in [-0.05, 0) is 30.7 Å². The summed E-state index contributed by atoms with van der Waals surface area (Å²) >= 11 is 3.44. The third-order valence-electron chi connectivity index (χ3n) is 3.41. The Bertz CT molecular complexity index is 677. The van der Waals surface area contributed by atoms with E-state index < -0.39 is 0 Å². The number of carbonyl (C=O) groups is 1. The lowest BCUT2D eigenvalue weighted by Crippen LogP contribution is -2.07. The largest absolute Gasteiger partial charge is 0.491 e. The van der Waals surface area contributed by atoms with Crippen LogP contribution in [0.4, 0.5) is 0 Å². The van der Waals surface area contributed by atoms with Crippen LogP contribution in [0.15, 0.2) is 46.9 Å². The Balaban J connectivity index is 1.87. The van der Waals surface area contributed by atoms with E-state index in [4.69, 9.17) is 9.47 Å². The molecule has 1 saturated heterocycles. The number of ketones is 1. The molecule has 0 aliphatic carbocycles. The first-order valence-electron chi connectivity index (χ1n) is 6.79. The predicted octanol–water partition coefficient (Wildman–Crippen LogP) is 3.77. The molecule has 0 bridgehead atoms. The molecular formula is C17H15BrO3. The van der Waals surface area contributed by atoms with E-state index >= 15 is 0 Å². The Labute approximate surface area is 132 Å². The molecule has 21 heavy (non-hydrogen) atoms. The second kappa shape index (κ2) is 6.00. The number of halogens is 1. The van der Waals surface area contributed by atoms with Crippen LogP contribution in [0.1, 0.15) is 21.5 Å². The highest BCUT2D eigenvalue weighted by molar-refractivity contribution is 9.10. The fourth-order valence-corrected chi connectivity index (χ4v) is 2.52. The lowest BCUT2D eigenvalue weighted by Gasteiger charge is -2.10. The normalized spacial score (nSPS) is 16.6. The molecule has 2 aromatic rings. The average Bonchev–Trinajstić information content (AvgIpc) is 3.30. The van der Waals surface area contributed by atoms with Gasteiger partial charge in [-0.3, -0.25) is 4.79 Å². The number of ether oxygens (including phenoxy) is 2. The van der Waals surface area contributed by atoms with Crippen molar-refractivity contribution >= 4 is 21.7 Å². The summed E-state index contributed by atoms with van der Waals surface area (Å²) < 4.78 is 11.5. The van der Waals surface area contributed by atoms with Crippen molar-refractivity contribution < 1.29 is 14.3 Å². The first-order chi connectivity index (χ1) is 10.1. The van der Waals surface area contributed by atoms with Gasteiger partial charge in [-0.1, -0.05) is 40.2 Å². The van der Waals surface area contributed by atoms with Crippen molar-refractivity contribution in [1.29, 1.82) is 0 Å². The van der Waals surface area contributed by atoms with E-state index in [0.29, 0.717) is 23.5 Å². The summed E-state index contributed by atoms with van der Waals surface area (Å²) in [6.07, 6.45) is 0.198. The molecule has 0 N–H and O–H groups in total. The highest BCUT2D eigenvalue weighted by Gasteiger charge is 2.23. The van der Waals surface area contributed by atoms with Crippen LogP contribution in [-0.4, -0.2) is 25.1 Å². The molecular weight excluding hydrogens is 332 g/mol. The third-order valence-corrected chi connectivity index (χ3v) is 4.10. The minimum Gasteiger partial charge on any atom is -0.491 e. The van der Waals surface area contributed by atoms with Gasteiger partial charge in [0.25, 0.3) is 0 Å². The van der Waals surface area contributed by atoms with Gasteiger partial charge in [-0.25, -0.2) is 0 Å². The summed E-state index contributed by atoms with van der Waals surface area (Å²) in [4.78, 5) is 12.7. The first-order valence-corrected chi connectivity index (χ1v) is 7.59. The van der Waals surface area contributed by atoms with Crippen molar-refractivity contribution in [2.24, 2.45) is 0 Å².